The van der Waals surface area contributed by atoms with Gasteiger partial charge in [0.15, 0.2) is 9.84 Å². The SMILES string of the molecule is Cc1ccc(-c2nc(CS(=O)(=O)CC(=O)CCc3ccccc3C)c(C)o2)cc1. The number of sulfone groups is 1. The maximum atomic E-state index is 12.5. The molecule has 0 aliphatic carbocycles. The van der Waals surface area contributed by atoms with Gasteiger partial charge < -0.3 is 4.42 Å². The van der Waals surface area contributed by atoms with Crippen LogP contribution in [0.1, 0.15) is 34.6 Å². The van der Waals surface area contributed by atoms with Crippen molar-refractivity contribution in [2.24, 2.45) is 0 Å². The first-order valence-corrected chi connectivity index (χ1v) is 11.4. The number of carbonyl (C=O) groups is 1. The molecule has 6 heteroatoms. The Morgan fingerprint density at radius 1 is 1.00 bits per heavy atom. The maximum Gasteiger partial charge on any atom is 0.226 e. The summed E-state index contributed by atoms with van der Waals surface area (Å²) in [5, 5.41) is 0. The van der Waals surface area contributed by atoms with Crippen molar-refractivity contribution < 1.29 is 17.6 Å². The van der Waals surface area contributed by atoms with Crippen molar-refractivity contribution in [3.63, 3.8) is 0 Å². The molecule has 0 radical (unpaired) electrons. The average Bonchev–Trinajstić information content (AvgIpc) is 3.01. The van der Waals surface area contributed by atoms with E-state index in [9.17, 15) is 13.2 Å². The number of oxazole rings is 1. The molecule has 0 N–H and O–H groups in total. The van der Waals surface area contributed by atoms with Gasteiger partial charge in [0.2, 0.25) is 5.89 Å². The van der Waals surface area contributed by atoms with Crippen LogP contribution in [0.5, 0.6) is 0 Å². The highest BCUT2D eigenvalue weighted by molar-refractivity contribution is 7.91. The standard InChI is InChI=1S/C23H25NO4S/c1-16-8-10-20(11-9-16)23-24-22(18(3)28-23)15-29(26,27)14-21(25)13-12-19-7-5-4-6-17(19)2/h4-11H,12-15H2,1-3H3. The second kappa shape index (κ2) is 8.74. The molecule has 2 aromatic carbocycles. The first-order valence-electron chi connectivity index (χ1n) is 9.53. The summed E-state index contributed by atoms with van der Waals surface area (Å²) in [7, 11) is -3.62. The van der Waals surface area contributed by atoms with Crippen molar-refractivity contribution >= 4 is 15.6 Å². The van der Waals surface area contributed by atoms with E-state index in [4.69, 9.17) is 4.42 Å². The molecule has 0 saturated heterocycles. The fraction of sp³-hybridized carbons (Fsp3) is 0.304. The van der Waals surface area contributed by atoms with E-state index in [0.29, 0.717) is 23.8 Å². The highest BCUT2D eigenvalue weighted by Crippen LogP contribution is 2.23. The smallest absolute Gasteiger partial charge is 0.226 e. The van der Waals surface area contributed by atoms with Gasteiger partial charge >= 0.3 is 0 Å². The van der Waals surface area contributed by atoms with E-state index in [2.05, 4.69) is 4.98 Å². The van der Waals surface area contributed by atoms with Gasteiger partial charge in [-0.05, 0) is 50.5 Å². The van der Waals surface area contributed by atoms with Gasteiger partial charge in [0.1, 0.15) is 17.3 Å². The van der Waals surface area contributed by atoms with Crippen LogP contribution in [0.4, 0.5) is 0 Å². The van der Waals surface area contributed by atoms with Gasteiger partial charge in [0.05, 0.1) is 11.4 Å². The molecular formula is C23H25NO4S. The third kappa shape index (κ3) is 5.64. The van der Waals surface area contributed by atoms with Crippen molar-refractivity contribution in [3.8, 4) is 11.5 Å². The lowest BCUT2D eigenvalue weighted by molar-refractivity contribution is -0.116. The normalized spacial score (nSPS) is 11.6. The Balaban J connectivity index is 1.64. The number of benzene rings is 2. The molecule has 3 rings (SSSR count). The molecule has 0 atom stereocenters. The monoisotopic (exact) mass is 411 g/mol. The number of ketones is 1. The van der Waals surface area contributed by atoms with Crippen LogP contribution in [0.3, 0.4) is 0 Å². The lowest BCUT2D eigenvalue weighted by atomic mass is 10.0. The molecule has 0 unspecified atom stereocenters. The second-order valence-electron chi connectivity index (χ2n) is 7.39. The third-order valence-electron chi connectivity index (χ3n) is 4.86. The largest absolute Gasteiger partial charge is 0.441 e. The fourth-order valence-electron chi connectivity index (χ4n) is 3.12. The van der Waals surface area contributed by atoms with Crippen LogP contribution in [0.15, 0.2) is 52.9 Å². The zero-order valence-electron chi connectivity index (χ0n) is 16.9. The fourth-order valence-corrected chi connectivity index (χ4v) is 4.54. The van der Waals surface area contributed by atoms with Gasteiger partial charge in [-0.2, -0.15) is 0 Å². The Hall–Kier alpha value is -2.73. The summed E-state index contributed by atoms with van der Waals surface area (Å²) < 4.78 is 30.7. The van der Waals surface area contributed by atoms with Crippen LogP contribution in [-0.4, -0.2) is 24.9 Å². The zero-order chi connectivity index (χ0) is 21.0. The van der Waals surface area contributed by atoms with Crippen molar-refractivity contribution in [2.45, 2.75) is 39.4 Å². The number of Topliss-reactive ketones (excluding diaryl/α,β-unsaturated/α-hetero) is 1. The number of hydrogen-bond acceptors (Lipinski definition) is 5. The van der Waals surface area contributed by atoms with Gasteiger partial charge in [-0.1, -0.05) is 42.0 Å². The summed E-state index contributed by atoms with van der Waals surface area (Å²) in [5.41, 5.74) is 4.42. The minimum absolute atomic E-state index is 0.205. The van der Waals surface area contributed by atoms with Crippen LogP contribution < -0.4 is 0 Å². The van der Waals surface area contributed by atoms with Crippen LogP contribution >= 0.6 is 0 Å². The second-order valence-corrected chi connectivity index (χ2v) is 9.45. The Kier molecular flexibility index (Phi) is 6.33. The summed E-state index contributed by atoms with van der Waals surface area (Å²) in [4.78, 5) is 16.6. The van der Waals surface area contributed by atoms with Crippen molar-refractivity contribution in [1.82, 2.24) is 4.98 Å². The third-order valence-corrected chi connectivity index (χ3v) is 6.34. The Labute approximate surface area is 171 Å². The minimum atomic E-state index is -3.62. The molecule has 152 valence electrons. The van der Waals surface area contributed by atoms with Gasteiger partial charge in [0, 0.05) is 12.0 Å². The first kappa shape index (κ1) is 21.0. The van der Waals surface area contributed by atoms with Gasteiger partial charge in [-0.25, -0.2) is 13.4 Å². The minimum Gasteiger partial charge on any atom is -0.441 e. The van der Waals surface area contributed by atoms with Crippen LogP contribution in [0, 0.1) is 20.8 Å². The highest BCUT2D eigenvalue weighted by Gasteiger charge is 2.22. The molecule has 0 bridgehead atoms. The number of nitrogens with zero attached hydrogens (tertiary/aromatic N) is 1. The van der Waals surface area contributed by atoms with E-state index in [1.807, 2.05) is 62.4 Å². The van der Waals surface area contributed by atoms with Crippen molar-refractivity contribution in [1.29, 1.82) is 0 Å². The molecule has 0 aliphatic heterocycles. The Morgan fingerprint density at radius 3 is 2.38 bits per heavy atom. The number of aromatic nitrogens is 1. The first-order chi connectivity index (χ1) is 13.7. The van der Waals surface area contributed by atoms with Crippen LogP contribution in [0.2, 0.25) is 0 Å². The molecular weight excluding hydrogens is 386 g/mol. The average molecular weight is 412 g/mol. The van der Waals surface area contributed by atoms with E-state index >= 15 is 0 Å². The lowest BCUT2D eigenvalue weighted by Gasteiger charge is -2.05. The van der Waals surface area contributed by atoms with Crippen molar-refractivity contribution in [2.75, 3.05) is 5.75 Å². The molecule has 29 heavy (non-hydrogen) atoms. The number of rotatable bonds is 8. The molecule has 0 aliphatic rings. The lowest BCUT2D eigenvalue weighted by Crippen LogP contribution is -2.18. The van der Waals surface area contributed by atoms with Crippen LogP contribution in [0.25, 0.3) is 11.5 Å². The zero-order valence-corrected chi connectivity index (χ0v) is 17.8. The maximum absolute atomic E-state index is 12.5. The molecule has 0 fully saturated rings. The quantitative estimate of drug-likeness (QED) is 0.550. The van der Waals surface area contributed by atoms with Crippen molar-refractivity contribution in [3.05, 3.63) is 76.7 Å². The molecule has 0 spiro atoms. The van der Waals surface area contributed by atoms with E-state index in [1.54, 1.807) is 6.92 Å². The van der Waals surface area contributed by atoms with E-state index in [0.717, 1.165) is 22.3 Å². The summed E-state index contributed by atoms with van der Waals surface area (Å²) in [6.07, 6.45) is 0.748. The summed E-state index contributed by atoms with van der Waals surface area (Å²) >= 11 is 0. The van der Waals surface area contributed by atoms with Crippen LogP contribution in [-0.2, 0) is 26.8 Å². The van der Waals surface area contributed by atoms with E-state index in [1.165, 1.54) is 0 Å². The molecule has 3 aromatic rings. The van der Waals surface area contributed by atoms with Gasteiger partial charge in [0.25, 0.3) is 0 Å². The number of aryl methyl sites for hydroxylation is 4. The topological polar surface area (TPSA) is 77.2 Å². The van der Waals surface area contributed by atoms with Gasteiger partial charge in [-0.3, -0.25) is 4.79 Å². The Morgan fingerprint density at radius 2 is 1.69 bits per heavy atom. The van der Waals surface area contributed by atoms with Gasteiger partial charge in [-0.15, -0.1) is 0 Å². The molecule has 5 nitrogen and oxygen atoms in total. The molecule has 1 aromatic heterocycles. The van der Waals surface area contributed by atoms with E-state index in [-0.39, 0.29) is 18.0 Å². The summed E-state index contributed by atoms with van der Waals surface area (Å²) in [6.45, 7) is 5.66. The molecule has 0 amide bonds. The number of hydrogen-bond donors (Lipinski definition) is 0. The highest BCUT2D eigenvalue weighted by atomic mass is 32.2. The molecule has 1 heterocycles. The summed E-state index contributed by atoms with van der Waals surface area (Å²) in [6, 6.07) is 15.5. The predicted molar refractivity (Wildman–Crippen MR) is 113 cm³/mol. The number of carbonyl (C=O) groups excluding carboxylic acids is 1. The Bertz CT molecular complexity index is 1110. The molecule has 0 saturated carbocycles. The van der Waals surface area contributed by atoms with E-state index < -0.39 is 15.6 Å². The summed E-state index contributed by atoms with van der Waals surface area (Å²) in [5.74, 6) is -0.224. The predicted octanol–water partition coefficient (Wildman–Crippen LogP) is 4.38.